The van der Waals surface area contributed by atoms with Crippen LogP contribution in [0.5, 0.6) is 0 Å². The molecule has 0 spiro atoms. The summed E-state index contributed by atoms with van der Waals surface area (Å²) in [4.78, 5) is 21.2. The Morgan fingerprint density at radius 3 is 2.57 bits per heavy atom. The molecule has 0 saturated carbocycles. The van der Waals surface area contributed by atoms with Crippen LogP contribution in [-0.2, 0) is 9.59 Å². The van der Waals surface area contributed by atoms with Crippen LogP contribution in [0.1, 0.15) is 25.7 Å². The maximum Gasteiger partial charge on any atom is 0.303 e. The van der Waals surface area contributed by atoms with E-state index in [1.54, 1.807) is 11.8 Å². The standard InChI is InChI=1S/C9H17NO3S/c1-14-7-3-6-10-8(11)4-2-5-9(12)13/h2-7H2,1H3,(H,10,11)(H,12,13). The molecule has 0 saturated heterocycles. The Labute approximate surface area is 88.4 Å². The summed E-state index contributed by atoms with van der Waals surface area (Å²) in [5.74, 6) is 0.141. The van der Waals surface area contributed by atoms with Crippen molar-refractivity contribution in [3.8, 4) is 0 Å². The Bertz CT molecular complexity index is 185. The predicted molar refractivity (Wildman–Crippen MR) is 57.5 cm³/mol. The Kier molecular flexibility index (Phi) is 8.42. The van der Waals surface area contributed by atoms with Crippen LogP contribution in [0.2, 0.25) is 0 Å². The summed E-state index contributed by atoms with van der Waals surface area (Å²) in [6.45, 7) is 0.687. The van der Waals surface area contributed by atoms with Gasteiger partial charge in [-0.3, -0.25) is 9.59 Å². The van der Waals surface area contributed by atoms with Crippen molar-refractivity contribution in [3.05, 3.63) is 0 Å². The van der Waals surface area contributed by atoms with Gasteiger partial charge in [0.15, 0.2) is 0 Å². The molecule has 82 valence electrons. The predicted octanol–water partition coefficient (Wildman–Crippen LogP) is 1.11. The zero-order chi connectivity index (χ0) is 10.8. The largest absolute Gasteiger partial charge is 0.481 e. The first-order valence-corrected chi connectivity index (χ1v) is 6.03. The highest BCUT2D eigenvalue weighted by molar-refractivity contribution is 7.98. The quantitative estimate of drug-likeness (QED) is 0.600. The molecule has 0 aliphatic heterocycles. The fourth-order valence-corrected chi connectivity index (χ4v) is 1.37. The van der Waals surface area contributed by atoms with Gasteiger partial charge in [-0.2, -0.15) is 11.8 Å². The third-order valence-corrected chi connectivity index (χ3v) is 2.34. The van der Waals surface area contributed by atoms with E-state index in [9.17, 15) is 9.59 Å². The molecule has 0 atom stereocenters. The molecule has 0 bridgehead atoms. The first kappa shape index (κ1) is 13.3. The highest BCUT2D eigenvalue weighted by Crippen LogP contribution is 1.96. The second-order valence-electron chi connectivity index (χ2n) is 2.94. The van der Waals surface area contributed by atoms with Crippen molar-refractivity contribution in [2.45, 2.75) is 25.7 Å². The second kappa shape index (κ2) is 8.87. The number of hydrogen-bond donors (Lipinski definition) is 2. The number of rotatable bonds is 8. The lowest BCUT2D eigenvalue weighted by atomic mass is 10.2. The summed E-state index contributed by atoms with van der Waals surface area (Å²) < 4.78 is 0. The smallest absolute Gasteiger partial charge is 0.303 e. The van der Waals surface area contributed by atoms with Gasteiger partial charge in [-0.15, -0.1) is 0 Å². The van der Waals surface area contributed by atoms with E-state index in [2.05, 4.69) is 5.32 Å². The van der Waals surface area contributed by atoms with Gasteiger partial charge in [-0.05, 0) is 24.9 Å². The molecule has 4 nitrogen and oxygen atoms in total. The molecule has 0 aliphatic carbocycles. The van der Waals surface area contributed by atoms with Crippen molar-refractivity contribution in [1.82, 2.24) is 5.32 Å². The Morgan fingerprint density at radius 2 is 2.00 bits per heavy atom. The molecule has 0 aromatic carbocycles. The Balaban J connectivity index is 3.24. The molecule has 14 heavy (non-hydrogen) atoms. The molecule has 5 heteroatoms. The Hall–Kier alpha value is -0.710. The van der Waals surface area contributed by atoms with Gasteiger partial charge in [0.05, 0.1) is 0 Å². The van der Waals surface area contributed by atoms with Crippen LogP contribution in [-0.4, -0.2) is 35.5 Å². The molecule has 1 amide bonds. The van der Waals surface area contributed by atoms with Gasteiger partial charge in [-0.25, -0.2) is 0 Å². The maximum absolute atomic E-state index is 11.1. The zero-order valence-corrected chi connectivity index (χ0v) is 9.23. The van der Waals surface area contributed by atoms with Gasteiger partial charge in [0, 0.05) is 19.4 Å². The lowest BCUT2D eigenvalue weighted by molar-refractivity contribution is -0.137. The summed E-state index contributed by atoms with van der Waals surface area (Å²) in [7, 11) is 0. The van der Waals surface area contributed by atoms with Crippen molar-refractivity contribution in [1.29, 1.82) is 0 Å². The molecule has 0 fully saturated rings. The lowest BCUT2D eigenvalue weighted by Gasteiger charge is -2.03. The van der Waals surface area contributed by atoms with E-state index >= 15 is 0 Å². The van der Waals surface area contributed by atoms with Crippen molar-refractivity contribution in [2.75, 3.05) is 18.6 Å². The summed E-state index contributed by atoms with van der Waals surface area (Å²) >= 11 is 1.75. The molecule has 0 heterocycles. The van der Waals surface area contributed by atoms with Gasteiger partial charge >= 0.3 is 5.97 Å². The van der Waals surface area contributed by atoms with E-state index in [-0.39, 0.29) is 12.3 Å². The van der Waals surface area contributed by atoms with Crippen LogP contribution < -0.4 is 5.32 Å². The number of hydrogen-bond acceptors (Lipinski definition) is 3. The summed E-state index contributed by atoms with van der Waals surface area (Å²) in [6.07, 6.45) is 3.79. The minimum Gasteiger partial charge on any atom is -0.481 e. The number of thioether (sulfide) groups is 1. The summed E-state index contributed by atoms with van der Waals surface area (Å²) in [5, 5.41) is 11.1. The number of amides is 1. The summed E-state index contributed by atoms with van der Waals surface area (Å²) in [6, 6.07) is 0. The third kappa shape index (κ3) is 9.38. The molecule has 0 unspecified atom stereocenters. The molecule has 0 aliphatic rings. The topological polar surface area (TPSA) is 66.4 Å². The van der Waals surface area contributed by atoms with E-state index in [0.29, 0.717) is 19.4 Å². The molecular weight excluding hydrogens is 202 g/mol. The highest BCUT2D eigenvalue weighted by atomic mass is 32.2. The molecule has 0 rings (SSSR count). The van der Waals surface area contributed by atoms with Crippen LogP contribution in [0.25, 0.3) is 0 Å². The molecule has 0 aromatic rings. The van der Waals surface area contributed by atoms with Gasteiger partial charge < -0.3 is 10.4 Å². The van der Waals surface area contributed by atoms with Gasteiger partial charge in [-0.1, -0.05) is 0 Å². The zero-order valence-electron chi connectivity index (χ0n) is 8.41. The number of carbonyl (C=O) groups is 2. The Morgan fingerprint density at radius 1 is 1.29 bits per heavy atom. The van der Waals surface area contributed by atoms with E-state index < -0.39 is 5.97 Å². The first-order valence-electron chi connectivity index (χ1n) is 4.64. The van der Waals surface area contributed by atoms with Crippen LogP contribution in [0.15, 0.2) is 0 Å². The van der Waals surface area contributed by atoms with Crippen molar-refractivity contribution < 1.29 is 14.7 Å². The summed E-state index contributed by atoms with van der Waals surface area (Å²) in [5.41, 5.74) is 0. The van der Waals surface area contributed by atoms with Crippen LogP contribution in [0.3, 0.4) is 0 Å². The monoisotopic (exact) mass is 219 g/mol. The number of aliphatic carboxylic acids is 1. The minimum atomic E-state index is -0.847. The normalized spacial score (nSPS) is 9.79. The van der Waals surface area contributed by atoms with E-state index in [4.69, 9.17) is 5.11 Å². The van der Waals surface area contributed by atoms with Crippen LogP contribution in [0, 0.1) is 0 Å². The fourth-order valence-electron chi connectivity index (χ4n) is 0.933. The molecule has 2 N–H and O–H groups in total. The number of carboxylic acids is 1. The van der Waals surface area contributed by atoms with Crippen LogP contribution >= 0.6 is 11.8 Å². The maximum atomic E-state index is 11.1. The lowest BCUT2D eigenvalue weighted by Crippen LogP contribution is -2.24. The van der Waals surface area contributed by atoms with E-state index in [1.807, 2.05) is 6.26 Å². The second-order valence-corrected chi connectivity index (χ2v) is 3.93. The molecule has 0 radical (unpaired) electrons. The van der Waals surface area contributed by atoms with Gasteiger partial charge in [0.1, 0.15) is 0 Å². The SMILES string of the molecule is CSCCCNC(=O)CCCC(=O)O. The highest BCUT2D eigenvalue weighted by Gasteiger charge is 2.02. The molecule has 0 aromatic heterocycles. The van der Waals surface area contributed by atoms with E-state index in [0.717, 1.165) is 12.2 Å². The van der Waals surface area contributed by atoms with Crippen molar-refractivity contribution >= 4 is 23.6 Å². The average molecular weight is 219 g/mol. The molecular formula is C9H17NO3S. The van der Waals surface area contributed by atoms with E-state index in [1.165, 1.54) is 0 Å². The van der Waals surface area contributed by atoms with Crippen molar-refractivity contribution in [3.63, 3.8) is 0 Å². The van der Waals surface area contributed by atoms with Gasteiger partial charge in [0.2, 0.25) is 5.91 Å². The van der Waals surface area contributed by atoms with Crippen molar-refractivity contribution in [2.24, 2.45) is 0 Å². The number of carboxylic acid groups (broad SMARTS) is 1. The third-order valence-electron chi connectivity index (χ3n) is 1.64. The average Bonchev–Trinajstić information content (AvgIpc) is 2.12. The number of carbonyl (C=O) groups excluding carboxylic acids is 1. The van der Waals surface area contributed by atoms with Gasteiger partial charge in [0.25, 0.3) is 0 Å². The van der Waals surface area contributed by atoms with Crippen LogP contribution in [0.4, 0.5) is 0 Å². The number of nitrogens with one attached hydrogen (secondary N) is 1. The fraction of sp³-hybridized carbons (Fsp3) is 0.778. The first-order chi connectivity index (χ1) is 6.66. The minimum absolute atomic E-state index is 0.0487.